The van der Waals surface area contributed by atoms with Gasteiger partial charge in [-0.2, -0.15) is 0 Å². The van der Waals surface area contributed by atoms with Crippen LogP contribution >= 0.6 is 27.7 Å². The van der Waals surface area contributed by atoms with Crippen LogP contribution in [0.2, 0.25) is 0 Å². The maximum absolute atomic E-state index is 12.8. The van der Waals surface area contributed by atoms with Gasteiger partial charge < -0.3 is 9.30 Å². The van der Waals surface area contributed by atoms with Crippen molar-refractivity contribution in [2.45, 2.75) is 29.9 Å². The van der Waals surface area contributed by atoms with Crippen LogP contribution in [0, 0.1) is 0 Å². The van der Waals surface area contributed by atoms with Crippen molar-refractivity contribution in [3.05, 3.63) is 70.0 Å². The Hall–Kier alpha value is -2.12. The van der Waals surface area contributed by atoms with Gasteiger partial charge in [-0.3, -0.25) is 4.79 Å². The first-order chi connectivity index (χ1) is 13.1. The number of nitrogens with zero attached hydrogens (tertiary/aromatic N) is 3. The number of halogens is 1. The lowest BCUT2D eigenvalue weighted by Gasteiger charge is -2.22. The highest BCUT2D eigenvalue weighted by atomic mass is 79.9. The third kappa shape index (κ3) is 3.94. The molecule has 1 aliphatic carbocycles. The summed E-state index contributed by atoms with van der Waals surface area (Å²) in [4.78, 5) is 12.8. The average Bonchev–Trinajstić information content (AvgIpc) is 3.03. The van der Waals surface area contributed by atoms with Gasteiger partial charge >= 0.3 is 0 Å². The minimum Gasteiger partial charge on any atom is -0.486 e. The molecule has 1 aliphatic rings. The SMILES string of the molecule is Cn1c(COc2ccc(Br)cc2)nnc1S[C@@H]1CCc2ccccc2C1=O. The lowest BCUT2D eigenvalue weighted by atomic mass is 9.90. The van der Waals surface area contributed by atoms with Gasteiger partial charge in [-0.05, 0) is 42.7 Å². The lowest BCUT2D eigenvalue weighted by molar-refractivity contribution is 0.0979. The Morgan fingerprint density at radius 3 is 2.78 bits per heavy atom. The maximum Gasteiger partial charge on any atom is 0.191 e. The number of rotatable bonds is 5. The summed E-state index contributed by atoms with van der Waals surface area (Å²) in [6, 6.07) is 15.5. The fourth-order valence-corrected chi connectivity index (χ4v) is 4.40. The predicted molar refractivity (Wildman–Crippen MR) is 108 cm³/mol. The van der Waals surface area contributed by atoms with Crippen LogP contribution in [0.25, 0.3) is 0 Å². The number of carbonyl (C=O) groups excluding carboxylic acids is 1. The van der Waals surface area contributed by atoms with Crippen molar-refractivity contribution in [3.8, 4) is 5.75 Å². The highest BCUT2D eigenvalue weighted by Gasteiger charge is 2.29. The molecule has 0 aliphatic heterocycles. The average molecular weight is 444 g/mol. The number of hydrogen-bond acceptors (Lipinski definition) is 5. The summed E-state index contributed by atoms with van der Waals surface area (Å²) >= 11 is 4.89. The molecule has 138 valence electrons. The van der Waals surface area contributed by atoms with Crippen LogP contribution in [0.15, 0.2) is 58.2 Å². The van der Waals surface area contributed by atoms with Crippen molar-refractivity contribution in [2.75, 3.05) is 0 Å². The molecule has 0 unspecified atom stereocenters. The third-order valence-corrected chi connectivity index (χ3v) is 6.43. The second-order valence-corrected chi connectivity index (χ2v) is 8.45. The number of Topliss-reactive ketones (excluding diaryl/α,β-unsaturated/α-hetero) is 1. The minimum absolute atomic E-state index is 0.122. The van der Waals surface area contributed by atoms with Crippen molar-refractivity contribution in [3.63, 3.8) is 0 Å². The molecule has 27 heavy (non-hydrogen) atoms. The number of aryl methyl sites for hydroxylation is 1. The number of aromatic nitrogens is 3. The van der Waals surface area contributed by atoms with Crippen LogP contribution in [0.1, 0.15) is 28.2 Å². The van der Waals surface area contributed by atoms with E-state index in [2.05, 4.69) is 26.1 Å². The van der Waals surface area contributed by atoms with E-state index in [4.69, 9.17) is 4.74 Å². The van der Waals surface area contributed by atoms with E-state index < -0.39 is 0 Å². The zero-order valence-electron chi connectivity index (χ0n) is 14.8. The maximum atomic E-state index is 12.8. The number of ketones is 1. The zero-order valence-corrected chi connectivity index (χ0v) is 17.2. The smallest absolute Gasteiger partial charge is 0.191 e. The Kier molecular flexibility index (Phi) is 5.31. The summed E-state index contributed by atoms with van der Waals surface area (Å²) in [5, 5.41) is 9.11. The fourth-order valence-electron chi connectivity index (χ4n) is 3.06. The molecule has 0 saturated heterocycles. The molecule has 1 atom stereocenters. The highest BCUT2D eigenvalue weighted by molar-refractivity contribution is 9.10. The third-order valence-electron chi connectivity index (χ3n) is 4.61. The number of thioether (sulfide) groups is 1. The van der Waals surface area contributed by atoms with Crippen molar-refractivity contribution in [2.24, 2.45) is 7.05 Å². The number of carbonyl (C=O) groups is 1. The fraction of sp³-hybridized carbons (Fsp3) is 0.250. The molecule has 1 heterocycles. The molecular formula is C20H18BrN3O2S. The Labute approximate surface area is 170 Å². The molecular weight excluding hydrogens is 426 g/mol. The summed E-state index contributed by atoms with van der Waals surface area (Å²) < 4.78 is 8.68. The number of benzene rings is 2. The van der Waals surface area contributed by atoms with E-state index in [-0.39, 0.29) is 11.0 Å². The monoisotopic (exact) mass is 443 g/mol. The van der Waals surface area contributed by atoms with Crippen LogP contribution in [0.4, 0.5) is 0 Å². The van der Waals surface area contributed by atoms with Crippen LogP contribution in [-0.4, -0.2) is 25.8 Å². The van der Waals surface area contributed by atoms with E-state index in [1.54, 1.807) is 0 Å². The van der Waals surface area contributed by atoms with E-state index >= 15 is 0 Å². The molecule has 4 rings (SSSR count). The zero-order chi connectivity index (χ0) is 18.8. The first kappa shape index (κ1) is 18.3. The second-order valence-electron chi connectivity index (χ2n) is 6.37. The molecule has 0 bridgehead atoms. The normalized spacial score (nSPS) is 16.2. The summed E-state index contributed by atoms with van der Waals surface area (Å²) in [6.07, 6.45) is 1.73. The molecule has 7 heteroatoms. The molecule has 0 spiro atoms. The Morgan fingerprint density at radius 1 is 1.19 bits per heavy atom. The number of fused-ring (bicyclic) bond motifs is 1. The first-order valence-electron chi connectivity index (χ1n) is 8.67. The minimum atomic E-state index is -0.122. The van der Waals surface area contributed by atoms with Gasteiger partial charge in [0.2, 0.25) is 0 Å². The van der Waals surface area contributed by atoms with Gasteiger partial charge in [-0.15, -0.1) is 10.2 Å². The molecule has 0 saturated carbocycles. The van der Waals surface area contributed by atoms with Gasteiger partial charge in [0.25, 0.3) is 0 Å². The van der Waals surface area contributed by atoms with Crippen molar-refractivity contribution in [1.29, 1.82) is 0 Å². The first-order valence-corrected chi connectivity index (χ1v) is 10.3. The molecule has 0 radical (unpaired) electrons. The quantitative estimate of drug-likeness (QED) is 0.582. The van der Waals surface area contributed by atoms with E-state index in [1.807, 2.05) is 60.1 Å². The van der Waals surface area contributed by atoms with E-state index in [0.717, 1.165) is 45.2 Å². The van der Waals surface area contributed by atoms with Gasteiger partial charge in [-0.1, -0.05) is 52.0 Å². The molecule has 0 amide bonds. The standard InChI is InChI=1S/C20H18BrN3O2S/c1-24-18(12-26-15-9-7-14(21)8-10-15)22-23-20(24)27-17-11-6-13-4-2-3-5-16(13)19(17)25/h2-5,7-10,17H,6,11-12H2,1H3/t17-/m1/s1. The Bertz CT molecular complexity index is 972. The summed E-state index contributed by atoms with van der Waals surface area (Å²) in [5.41, 5.74) is 1.98. The molecule has 0 N–H and O–H groups in total. The van der Waals surface area contributed by atoms with E-state index in [0.29, 0.717) is 6.61 Å². The molecule has 5 nitrogen and oxygen atoms in total. The van der Waals surface area contributed by atoms with E-state index in [1.165, 1.54) is 11.8 Å². The second kappa shape index (κ2) is 7.86. The van der Waals surface area contributed by atoms with Gasteiger partial charge in [0.05, 0.1) is 5.25 Å². The number of hydrogen-bond donors (Lipinski definition) is 0. The van der Waals surface area contributed by atoms with Crippen LogP contribution < -0.4 is 4.74 Å². The number of ether oxygens (including phenoxy) is 1. The van der Waals surface area contributed by atoms with Crippen LogP contribution in [0.5, 0.6) is 5.75 Å². The molecule has 0 fully saturated rings. The van der Waals surface area contributed by atoms with Crippen molar-refractivity contribution < 1.29 is 9.53 Å². The molecule has 2 aromatic carbocycles. The van der Waals surface area contributed by atoms with Gasteiger partial charge in [-0.25, -0.2) is 0 Å². The van der Waals surface area contributed by atoms with Crippen molar-refractivity contribution in [1.82, 2.24) is 14.8 Å². The molecule has 3 aromatic rings. The van der Waals surface area contributed by atoms with Crippen LogP contribution in [0.3, 0.4) is 0 Å². The van der Waals surface area contributed by atoms with Gasteiger partial charge in [0.1, 0.15) is 12.4 Å². The predicted octanol–water partition coefficient (Wildman–Crippen LogP) is 4.45. The van der Waals surface area contributed by atoms with Gasteiger partial charge in [0.15, 0.2) is 16.8 Å². The molecule has 1 aromatic heterocycles. The summed E-state index contributed by atoms with van der Waals surface area (Å²) in [7, 11) is 1.91. The van der Waals surface area contributed by atoms with Crippen LogP contribution in [-0.2, 0) is 20.1 Å². The van der Waals surface area contributed by atoms with Gasteiger partial charge in [0, 0.05) is 17.1 Å². The van der Waals surface area contributed by atoms with Crippen molar-refractivity contribution >= 4 is 33.5 Å². The van der Waals surface area contributed by atoms with E-state index in [9.17, 15) is 4.79 Å². The summed E-state index contributed by atoms with van der Waals surface area (Å²) in [6.45, 7) is 0.327. The highest BCUT2D eigenvalue weighted by Crippen LogP contribution is 2.32. The Balaban J connectivity index is 1.43. The lowest BCUT2D eigenvalue weighted by Crippen LogP contribution is -2.25. The summed E-state index contributed by atoms with van der Waals surface area (Å²) in [5.74, 6) is 1.68. The largest absolute Gasteiger partial charge is 0.486 e. The topological polar surface area (TPSA) is 57.0 Å². The Morgan fingerprint density at radius 2 is 1.96 bits per heavy atom.